The van der Waals surface area contributed by atoms with Gasteiger partial charge in [-0.25, -0.2) is 0 Å². The molecule has 1 atom stereocenters. The van der Waals surface area contributed by atoms with Crippen LogP contribution in [0, 0.1) is 0 Å². The lowest BCUT2D eigenvalue weighted by molar-refractivity contribution is 0.291. The van der Waals surface area contributed by atoms with Crippen LogP contribution in [0.15, 0.2) is 4.52 Å². The van der Waals surface area contributed by atoms with Gasteiger partial charge in [-0.05, 0) is 19.3 Å². The Balaban J connectivity index is 1.77. The summed E-state index contributed by atoms with van der Waals surface area (Å²) in [6.45, 7) is 6.03. The summed E-state index contributed by atoms with van der Waals surface area (Å²) in [5.74, 6) is 1.64. The summed E-state index contributed by atoms with van der Waals surface area (Å²) in [7, 11) is 0. The zero-order valence-electron chi connectivity index (χ0n) is 10.5. The van der Waals surface area contributed by atoms with Crippen molar-refractivity contribution in [2.45, 2.75) is 50.6 Å². The Hall–Kier alpha value is -0.940. The number of likely N-dealkylation sites (tertiary alicyclic amines) is 1. The molecule has 0 bridgehead atoms. The Morgan fingerprint density at radius 1 is 1.47 bits per heavy atom. The third-order valence-electron chi connectivity index (χ3n) is 3.77. The second kappa shape index (κ2) is 3.78. The molecule has 2 heterocycles. The summed E-state index contributed by atoms with van der Waals surface area (Å²) in [4.78, 5) is 6.91. The standard InChI is InChI=1S/C12H20N4O/c1-8(2)10-14-11(15-17-10)12(13)5-6-16(7-12)9-3-4-9/h8-9H,3-7,13H2,1-2H3. The molecule has 1 saturated carbocycles. The van der Waals surface area contributed by atoms with Crippen molar-refractivity contribution in [3.8, 4) is 0 Å². The van der Waals surface area contributed by atoms with E-state index in [2.05, 4.69) is 15.0 Å². The van der Waals surface area contributed by atoms with Crippen LogP contribution in [0.5, 0.6) is 0 Å². The minimum atomic E-state index is -0.404. The molecule has 0 spiro atoms. The Bertz CT molecular complexity index is 412. The van der Waals surface area contributed by atoms with E-state index >= 15 is 0 Å². The van der Waals surface area contributed by atoms with Crippen molar-refractivity contribution in [1.82, 2.24) is 15.0 Å². The molecule has 1 aliphatic heterocycles. The molecule has 3 rings (SSSR count). The number of hydrogen-bond donors (Lipinski definition) is 1. The van der Waals surface area contributed by atoms with E-state index in [1.165, 1.54) is 12.8 Å². The van der Waals surface area contributed by atoms with Gasteiger partial charge in [0.25, 0.3) is 0 Å². The monoisotopic (exact) mass is 236 g/mol. The first-order chi connectivity index (χ1) is 8.08. The largest absolute Gasteiger partial charge is 0.339 e. The van der Waals surface area contributed by atoms with E-state index in [0.717, 1.165) is 25.6 Å². The van der Waals surface area contributed by atoms with Gasteiger partial charge in [-0.15, -0.1) is 0 Å². The van der Waals surface area contributed by atoms with Crippen molar-refractivity contribution in [2.75, 3.05) is 13.1 Å². The highest BCUT2D eigenvalue weighted by atomic mass is 16.5. The second-order valence-electron chi connectivity index (χ2n) is 5.72. The molecule has 1 unspecified atom stereocenters. The fraction of sp³-hybridized carbons (Fsp3) is 0.833. The van der Waals surface area contributed by atoms with Crippen LogP contribution in [0.4, 0.5) is 0 Å². The molecule has 1 aromatic rings. The van der Waals surface area contributed by atoms with Crippen LogP contribution in [0.2, 0.25) is 0 Å². The van der Waals surface area contributed by atoms with Gasteiger partial charge in [-0.2, -0.15) is 4.98 Å². The average Bonchev–Trinajstić information content (AvgIpc) is 2.87. The molecule has 2 fully saturated rings. The third-order valence-corrected chi connectivity index (χ3v) is 3.77. The SMILES string of the molecule is CC(C)c1nc(C2(N)CCN(C3CC3)C2)no1. The van der Waals surface area contributed by atoms with E-state index in [4.69, 9.17) is 10.3 Å². The molecular weight excluding hydrogens is 216 g/mol. The van der Waals surface area contributed by atoms with Crippen molar-refractivity contribution in [1.29, 1.82) is 0 Å². The van der Waals surface area contributed by atoms with E-state index in [-0.39, 0.29) is 5.92 Å². The van der Waals surface area contributed by atoms with Gasteiger partial charge in [0.15, 0.2) is 5.82 Å². The highest BCUT2D eigenvalue weighted by molar-refractivity contribution is 5.11. The summed E-state index contributed by atoms with van der Waals surface area (Å²) in [5, 5.41) is 4.07. The van der Waals surface area contributed by atoms with Gasteiger partial charge in [0.05, 0.1) is 5.54 Å². The van der Waals surface area contributed by atoms with Crippen molar-refractivity contribution < 1.29 is 4.52 Å². The molecule has 17 heavy (non-hydrogen) atoms. The van der Waals surface area contributed by atoms with Crippen LogP contribution < -0.4 is 5.73 Å². The first-order valence-corrected chi connectivity index (χ1v) is 6.45. The minimum absolute atomic E-state index is 0.265. The summed E-state index contributed by atoms with van der Waals surface area (Å²) in [6, 6.07) is 0.761. The second-order valence-corrected chi connectivity index (χ2v) is 5.72. The third kappa shape index (κ3) is 1.98. The minimum Gasteiger partial charge on any atom is -0.339 e. The number of nitrogens with zero attached hydrogens (tertiary/aromatic N) is 3. The normalized spacial score (nSPS) is 30.4. The highest BCUT2D eigenvalue weighted by Crippen LogP contribution is 2.36. The Morgan fingerprint density at radius 3 is 2.82 bits per heavy atom. The van der Waals surface area contributed by atoms with Crippen LogP contribution in [0.25, 0.3) is 0 Å². The van der Waals surface area contributed by atoms with Gasteiger partial charge in [-0.3, -0.25) is 4.90 Å². The molecule has 5 heteroatoms. The molecule has 5 nitrogen and oxygen atoms in total. The van der Waals surface area contributed by atoms with Gasteiger partial charge in [-0.1, -0.05) is 19.0 Å². The van der Waals surface area contributed by atoms with E-state index in [1.807, 2.05) is 13.8 Å². The summed E-state index contributed by atoms with van der Waals surface area (Å²) in [6.07, 6.45) is 3.57. The molecule has 94 valence electrons. The lowest BCUT2D eigenvalue weighted by Crippen LogP contribution is -2.41. The predicted molar refractivity (Wildman–Crippen MR) is 63.5 cm³/mol. The smallest absolute Gasteiger partial charge is 0.229 e. The van der Waals surface area contributed by atoms with Crippen molar-refractivity contribution in [3.05, 3.63) is 11.7 Å². The van der Waals surface area contributed by atoms with Crippen LogP contribution in [-0.4, -0.2) is 34.2 Å². The molecule has 0 amide bonds. The lowest BCUT2D eigenvalue weighted by Gasteiger charge is -2.20. The van der Waals surface area contributed by atoms with Gasteiger partial charge in [0, 0.05) is 25.0 Å². The van der Waals surface area contributed by atoms with Gasteiger partial charge < -0.3 is 10.3 Å². The van der Waals surface area contributed by atoms with E-state index < -0.39 is 5.54 Å². The van der Waals surface area contributed by atoms with Crippen molar-refractivity contribution >= 4 is 0 Å². The fourth-order valence-electron chi connectivity index (χ4n) is 2.47. The molecule has 2 aliphatic rings. The Labute approximate surface area is 101 Å². The van der Waals surface area contributed by atoms with Crippen LogP contribution in [0.3, 0.4) is 0 Å². The van der Waals surface area contributed by atoms with Crippen molar-refractivity contribution in [3.63, 3.8) is 0 Å². The maximum atomic E-state index is 6.42. The number of aromatic nitrogens is 2. The number of rotatable bonds is 3. The summed E-state index contributed by atoms with van der Waals surface area (Å²) >= 11 is 0. The number of nitrogens with two attached hydrogens (primary N) is 1. The maximum absolute atomic E-state index is 6.42. The summed E-state index contributed by atoms with van der Waals surface area (Å²) in [5.41, 5.74) is 6.02. The fourth-order valence-corrected chi connectivity index (χ4v) is 2.47. The van der Waals surface area contributed by atoms with Crippen LogP contribution in [0.1, 0.15) is 50.7 Å². The highest BCUT2D eigenvalue weighted by Gasteiger charge is 2.44. The zero-order valence-corrected chi connectivity index (χ0v) is 10.5. The van der Waals surface area contributed by atoms with E-state index in [0.29, 0.717) is 11.7 Å². The zero-order chi connectivity index (χ0) is 12.0. The summed E-state index contributed by atoms with van der Waals surface area (Å²) < 4.78 is 5.26. The molecule has 0 radical (unpaired) electrons. The predicted octanol–water partition coefficient (Wildman–Crippen LogP) is 1.22. The van der Waals surface area contributed by atoms with Gasteiger partial charge in [0.2, 0.25) is 5.89 Å². The Kier molecular flexibility index (Phi) is 2.48. The first kappa shape index (κ1) is 11.2. The van der Waals surface area contributed by atoms with Gasteiger partial charge in [0.1, 0.15) is 0 Å². The quantitative estimate of drug-likeness (QED) is 0.854. The molecule has 1 saturated heterocycles. The topological polar surface area (TPSA) is 68.2 Å². The first-order valence-electron chi connectivity index (χ1n) is 6.45. The molecule has 0 aromatic carbocycles. The Morgan fingerprint density at radius 2 is 2.24 bits per heavy atom. The van der Waals surface area contributed by atoms with Gasteiger partial charge >= 0.3 is 0 Å². The van der Waals surface area contributed by atoms with E-state index in [9.17, 15) is 0 Å². The molecular formula is C12H20N4O. The molecule has 1 aromatic heterocycles. The maximum Gasteiger partial charge on any atom is 0.229 e. The van der Waals surface area contributed by atoms with Crippen LogP contribution >= 0.6 is 0 Å². The molecule has 2 N–H and O–H groups in total. The number of hydrogen-bond acceptors (Lipinski definition) is 5. The van der Waals surface area contributed by atoms with E-state index in [1.54, 1.807) is 0 Å². The lowest BCUT2D eigenvalue weighted by atomic mass is 9.99. The molecule has 1 aliphatic carbocycles. The average molecular weight is 236 g/mol. The van der Waals surface area contributed by atoms with Crippen molar-refractivity contribution in [2.24, 2.45) is 5.73 Å². The van der Waals surface area contributed by atoms with Crippen LogP contribution in [-0.2, 0) is 5.54 Å².